The summed E-state index contributed by atoms with van der Waals surface area (Å²) in [5.74, 6) is 0. The number of rotatable bonds is 1. The fourth-order valence-electron chi connectivity index (χ4n) is 0.793. The molecule has 4 heteroatoms. The monoisotopic (exact) mass is 176 g/mol. The summed E-state index contributed by atoms with van der Waals surface area (Å²) in [6.45, 7) is 3.76. The Labute approximate surface area is 66.2 Å². The van der Waals surface area contributed by atoms with E-state index in [2.05, 4.69) is 0 Å². The first-order valence-corrected chi connectivity index (χ1v) is 4.71. The Hall–Kier alpha value is -0.190. The van der Waals surface area contributed by atoms with Crippen molar-refractivity contribution in [1.29, 1.82) is 0 Å². The van der Waals surface area contributed by atoms with Gasteiger partial charge in [0.1, 0.15) is 4.21 Å². The molecular formula is C6H8O2S2. The third-order valence-corrected chi connectivity index (χ3v) is 3.42. The van der Waals surface area contributed by atoms with Gasteiger partial charge in [0.15, 0.2) is 11.1 Å². The minimum absolute atomic E-state index is 0.567. The molecule has 1 N–H and O–H groups in total. The highest BCUT2D eigenvalue weighted by Crippen LogP contribution is 2.23. The lowest BCUT2D eigenvalue weighted by molar-refractivity contribution is 0.566. The van der Waals surface area contributed by atoms with Crippen LogP contribution in [0.25, 0.3) is 0 Å². The average Bonchev–Trinajstić information content (AvgIpc) is 2.10. The van der Waals surface area contributed by atoms with Crippen LogP contribution in [0.1, 0.15) is 10.4 Å². The van der Waals surface area contributed by atoms with Gasteiger partial charge in [-0.05, 0) is 25.5 Å². The largest absolute Gasteiger partial charge is 0.302 e. The number of aryl methyl sites for hydroxylation is 2. The van der Waals surface area contributed by atoms with Crippen molar-refractivity contribution in [3.05, 3.63) is 16.5 Å². The van der Waals surface area contributed by atoms with E-state index in [0.29, 0.717) is 4.21 Å². The summed E-state index contributed by atoms with van der Waals surface area (Å²) in [7, 11) is 0. The second-order valence-corrected chi connectivity index (χ2v) is 4.50. The normalized spacial score (nSPS) is 13.5. The summed E-state index contributed by atoms with van der Waals surface area (Å²) >= 11 is -0.429. The minimum atomic E-state index is -1.80. The Kier molecular flexibility index (Phi) is 2.23. The van der Waals surface area contributed by atoms with E-state index in [1.54, 1.807) is 0 Å². The third-order valence-electron chi connectivity index (χ3n) is 1.15. The van der Waals surface area contributed by atoms with Crippen molar-refractivity contribution in [2.24, 2.45) is 0 Å². The molecule has 1 unspecified atom stereocenters. The standard InChI is InChI=1S/C6H8O2S2/c1-4-3-5(2)9-6(4)10(7)8/h3H,1-2H3,(H,7,8). The van der Waals surface area contributed by atoms with Crippen molar-refractivity contribution in [2.75, 3.05) is 0 Å². The Balaban J connectivity index is 3.15. The molecule has 1 rings (SSSR count). The quantitative estimate of drug-likeness (QED) is 0.664. The lowest BCUT2D eigenvalue weighted by atomic mass is 10.4. The second kappa shape index (κ2) is 2.82. The maximum atomic E-state index is 10.6. The van der Waals surface area contributed by atoms with Crippen LogP contribution in [0.4, 0.5) is 0 Å². The zero-order chi connectivity index (χ0) is 7.72. The molecule has 0 amide bonds. The maximum Gasteiger partial charge on any atom is 0.197 e. The first-order valence-electron chi connectivity index (χ1n) is 2.79. The lowest BCUT2D eigenvalue weighted by Gasteiger charge is -1.87. The minimum Gasteiger partial charge on any atom is -0.302 e. The molecule has 0 saturated heterocycles. The highest BCUT2D eigenvalue weighted by atomic mass is 32.2. The highest BCUT2D eigenvalue weighted by molar-refractivity contribution is 7.81. The number of hydrogen-bond donors (Lipinski definition) is 1. The first kappa shape index (κ1) is 7.91. The molecule has 10 heavy (non-hydrogen) atoms. The van der Waals surface area contributed by atoms with Crippen LogP contribution in [0, 0.1) is 13.8 Å². The SMILES string of the molecule is Cc1cc(C)c(S(=O)O)s1. The molecule has 0 saturated carbocycles. The first-order chi connectivity index (χ1) is 4.61. The summed E-state index contributed by atoms with van der Waals surface area (Å²) in [6, 6.07) is 1.91. The van der Waals surface area contributed by atoms with Crippen molar-refractivity contribution in [3.8, 4) is 0 Å². The zero-order valence-electron chi connectivity index (χ0n) is 5.75. The predicted molar refractivity (Wildman–Crippen MR) is 42.8 cm³/mol. The molecule has 0 aliphatic heterocycles. The molecule has 1 atom stereocenters. The molecule has 0 aliphatic carbocycles. The lowest BCUT2D eigenvalue weighted by Crippen LogP contribution is -1.84. The number of thiophene rings is 1. The zero-order valence-corrected chi connectivity index (χ0v) is 7.38. The molecule has 0 spiro atoms. The molecule has 2 nitrogen and oxygen atoms in total. The molecule has 0 fully saturated rings. The topological polar surface area (TPSA) is 37.3 Å². The van der Waals surface area contributed by atoms with Gasteiger partial charge in [-0.2, -0.15) is 0 Å². The third kappa shape index (κ3) is 1.45. The molecule has 0 radical (unpaired) electrons. The van der Waals surface area contributed by atoms with Crippen molar-refractivity contribution in [3.63, 3.8) is 0 Å². The van der Waals surface area contributed by atoms with Gasteiger partial charge in [-0.1, -0.05) is 0 Å². The van der Waals surface area contributed by atoms with E-state index in [4.69, 9.17) is 4.55 Å². The van der Waals surface area contributed by atoms with Crippen LogP contribution < -0.4 is 0 Å². The van der Waals surface area contributed by atoms with Gasteiger partial charge >= 0.3 is 0 Å². The van der Waals surface area contributed by atoms with Crippen LogP contribution in [-0.2, 0) is 11.1 Å². The molecule has 1 aromatic rings. The fraction of sp³-hybridized carbons (Fsp3) is 0.333. The van der Waals surface area contributed by atoms with Crippen LogP contribution in [0.15, 0.2) is 10.3 Å². The van der Waals surface area contributed by atoms with Gasteiger partial charge in [-0.15, -0.1) is 11.3 Å². The van der Waals surface area contributed by atoms with Gasteiger partial charge in [0.2, 0.25) is 0 Å². The summed E-state index contributed by atoms with van der Waals surface area (Å²) in [5, 5.41) is 0. The van der Waals surface area contributed by atoms with Crippen molar-refractivity contribution < 1.29 is 8.76 Å². The molecule has 0 aromatic carbocycles. The van der Waals surface area contributed by atoms with E-state index in [-0.39, 0.29) is 0 Å². The molecule has 1 aromatic heterocycles. The predicted octanol–water partition coefficient (Wildman–Crippen LogP) is 1.95. The van der Waals surface area contributed by atoms with E-state index in [9.17, 15) is 4.21 Å². The number of hydrogen-bond acceptors (Lipinski definition) is 2. The van der Waals surface area contributed by atoms with E-state index >= 15 is 0 Å². The van der Waals surface area contributed by atoms with Gasteiger partial charge < -0.3 is 4.55 Å². The fourth-order valence-corrected chi connectivity index (χ4v) is 2.56. The van der Waals surface area contributed by atoms with Gasteiger partial charge in [-0.3, -0.25) is 0 Å². The van der Waals surface area contributed by atoms with Crippen LogP contribution in [0.3, 0.4) is 0 Å². The summed E-state index contributed by atoms with van der Waals surface area (Å²) in [5.41, 5.74) is 0.906. The van der Waals surface area contributed by atoms with E-state index in [1.165, 1.54) is 11.3 Å². The molecule has 0 aliphatic rings. The smallest absolute Gasteiger partial charge is 0.197 e. The van der Waals surface area contributed by atoms with Crippen LogP contribution in [0.5, 0.6) is 0 Å². The molecular weight excluding hydrogens is 168 g/mol. The molecule has 0 bridgehead atoms. The van der Waals surface area contributed by atoms with Crippen molar-refractivity contribution in [1.82, 2.24) is 0 Å². The van der Waals surface area contributed by atoms with Crippen LogP contribution in [0.2, 0.25) is 0 Å². The molecule has 1 heterocycles. The van der Waals surface area contributed by atoms with E-state index in [1.807, 2.05) is 19.9 Å². The Morgan fingerprint density at radius 1 is 1.60 bits per heavy atom. The Morgan fingerprint density at radius 3 is 2.40 bits per heavy atom. The summed E-state index contributed by atoms with van der Waals surface area (Å²) in [4.78, 5) is 1.08. The van der Waals surface area contributed by atoms with Gasteiger partial charge in [0.25, 0.3) is 0 Å². The van der Waals surface area contributed by atoms with Crippen molar-refractivity contribution >= 4 is 22.4 Å². The summed E-state index contributed by atoms with van der Waals surface area (Å²) < 4.78 is 19.8. The second-order valence-electron chi connectivity index (χ2n) is 2.08. The average molecular weight is 176 g/mol. The van der Waals surface area contributed by atoms with Crippen molar-refractivity contribution in [2.45, 2.75) is 18.1 Å². The maximum absolute atomic E-state index is 10.6. The van der Waals surface area contributed by atoms with Gasteiger partial charge in [0, 0.05) is 4.88 Å². The molecule has 56 valence electrons. The van der Waals surface area contributed by atoms with E-state index < -0.39 is 11.1 Å². The Morgan fingerprint density at radius 2 is 2.20 bits per heavy atom. The Bertz CT molecular complexity index is 265. The summed E-state index contributed by atoms with van der Waals surface area (Å²) in [6.07, 6.45) is 0. The van der Waals surface area contributed by atoms with E-state index in [0.717, 1.165) is 10.4 Å². The van der Waals surface area contributed by atoms with Crippen LogP contribution in [-0.4, -0.2) is 8.76 Å². The van der Waals surface area contributed by atoms with Gasteiger partial charge in [-0.25, -0.2) is 4.21 Å². The van der Waals surface area contributed by atoms with Gasteiger partial charge in [0.05, 0.1) is 0 Å². The van der Waals surface area contributed by atoms with Crippen LogP contribution >= 0.6 is 11.3 Å². The highest BCUT2D eigenvalue weighted by Gasteiger charge is 2.06.